The Morgan fingerprint density at radius 1 is 1.47 bits per heavy atom. The first-order chi connectivity index (χ1) is 7.33. The van der Waals surface area contributed by atoms with Crippen molar-refractivity contribution in [2.24, 2.45) is 0 Å². The minimum absolute atomic E-state index is 0.0853. The lowest BCUT2D eigenvalue weighted by Gasteiger charge is -2.04. The molecule has 0 unspecified atom stereocenters. The molecular formula is C11H18N2OS. The van der Waals surface area contributed by atoms with Crippen molar-refractivity contribution < 1.29 is 4.79 Å². The molecule has 0 bridgehead atoms. The van der Waals surface area contributed by atoms with Gasteiger partial charge in [-0.1, -0.05) is 6.92 Å². The highest BCUT2D eigenvalue weighted by atomic mass is 32.1. The molecule has 1 heterocycles. The second kappa shape index (κ2) is 7.43. The lowest BCUT2D eigenvalue weighted by molar-refractivity contribution is -0.120. The summed E-state index contributed by atoms with van der Waals surface area (Å²) in [5.74, 6) is 0.0853. The largest absolute Gasteiger partial charge is 0.355 e. The van der Waals surface area contributed by atoms with E-state index in [-0.39, 0.29) is 5.91 Å². The van der Waals surface area contributed by atoms with E-state index in [1.807, 2.05) is 6.92 Å². The highest BCUT2D eigenvalue weighted by Crippen LogP contribution is 2.05. The van der Waals surface area contributed by atoms with Gasteiger partial charge in [0.05, 0.1) is 6.54 Å². The molecule has 0 saturated carbocycles. The topological polar surface area (TPSA) is 41.1 Å². The van der Waals surface area contributed by atoms with Gasteiger partial charge in [-0.2, -0.15) is 11.3 Å². The van der Waals surface area contributed by atoms with Crippen LogP contribution in [0, 0.1) is 0 Å². The van der Waals surface area contributed by atoms with Gasteiger partial charge in [0.2, 0.25) is 5.91 Å². The van der Waals surface area contributed by atoms with Gasteiger partial charge >= 0.3 is 0 Å². The Labute approximate surface area is 94.9 Å². The maximum atomic E-state index is 11.2. The summed E-state index contributed by atoms with van der Waals surface area (Å²) in [4.78, 5) is 11.2. The summed E-state index contributed by atoms with van der Waals surface area (Å²) in [5, 5.41) is 10.2. The lowest BCUT2D eigenvalue weighted by Crippen LogP contribution is -2.34. The molecule has 1 aromatic rings. The first kappa shape index (κ1) is 12.2. The van der Waals surface area contributed by atoms with Crippen LogP contribution >= 0.6 is 11.3 Å². The highest BCUT2D eigenvalue weighted by molar-refractivity contribution is 7.07. The quantitative estimate of drug-likeness (QED) is 0.690. The maximum absolute atomic E-state index is 11.2. The van der Waals surface area contributed by atoms with E-state index in [2.05, 4.69) is 27.5 Å². The average Bonchev–Trinajstić information content (AvgIpc) is 2.74. The van der Waals surface area contributed by atoms with Crippen molar-refractivity contribution in [1.82, 2.24) is 10.6 Å². The van der Waals surface area contributed by atoms with E-state index in [0.29, 0.717) is 6.54 Å². The predicted molar refractivity (Wildman–Crippen MR) is 64.2 cm³/mol. The summed E-state index contributed by atoms with van der Waals surface area (Å²) in [5.41, 5.74) is 1.33. The van der Waals surface area contributed by atoms with Crippen LogP contribution in [0.15, 0.2) is 16.8 Å². The average molecular weight is 226 g/mol. The number of hydrogen-bond donors (Lipinski definition) is 2. The zero-order chi connectivity index (χ0) is 10.9. The van der Waals surface area contributed by atoms with Crippen LogP contribution in [0.1, 0.15) is 18.9 Å². The molecular weight excluding hydrogens is 208 g/mol. The number of amides is 1. The Hall–Kier alpha value is -0.870. The van der Waals surface area contributed by atoms with E-state index in [0.717, 1.165) is 25.9 Å². The summed E-state index contributed by atoms with van der Waals surface area (Å²) in [7, 11) is 0. The fourth-order valence-corrected chi connectivity index (χ4v) is 1.90. The van der Waals surface area contributed by atoms with Gasteiger partial charge in [0.15, 0.2) is 0 Å². The molecule has 0 radical (unpaired) electrons. The number of thiophene rings is 1. The zero-order valence-corrected chi connectivity index (χ0v) is 9.90. The van der Waals surface area contributed by atoms with Gasteiger partial charge < -0.3 is 10.6 Å². The number of rotatable bonds is 7. The Morgan fingerprint density at radius 2 is 2.33 bits per heavy atom. The van der Waals surface area contributed by atoms with E-state index >= 15 is 0 Å². The third-order valence-corrected chi connectivity index (χ3v) is 2.76. The van der Waals surface area contributed by atoms with Gasteiger partial charge in [0, 0.05) is 6.54 Å². The summed E-state index contributed by atoms with van der Waals surface area (Å²) in [6, 6.07) is 2.11. The van der Waals surface area contributed by atoms with Crippen LogP contribution < -0.4 is 10.6 Å². The van der Waals surface area contributed by atoms with Gasteiger partial charge in [-0.15, -0.1) is 0 Å². The minimum atomic E-state index is 0.0853. The summed E-state index contributed by atoms with van der Waals surface area (Å²) >= 11 is 1.71. The van der Waals surface area contributed by atoms with Crippen LogP contribution in [0.25, 0.3) is 0 Å². The Balaban J connectivity index is 1.99. The summed E-state index contributed by atoms with van der Waals surface area (Å²) in [6.45, 7) is 4.09. The standard InChI is InChI=1S/C11H18N2OS/c1-2-5-13-11(14)8-12-6-3-10-4-7-15-9-10/h4,7,9,12H,2-3,5-6,8H2,1H3,(H,13,14). The smallest absolute Gasteiger partial charge is 0.233 e. The van der Waals surface area contributed by atoms with Crippen molar-refractivity contribution >= 4 is 17.2 Å². The van der Waals surface area contributed by atoms with Crippen LogP contribution in [0.2, 0.25) is 0 Å². The van der Waals surface area contributed by atoms with Crippen molar-refractivity contribution in [1.29, 1.82) is 0 Å². The molecule has 15 heavy (non-hydrogen) atoms. The highest BCUT2D eigenvalue weighted by Gasteiger charge is 1.98. The molecule has 84 valence electrons. The van der Waals surface area contributed by atoms with E-state index in [1.165, 1.54) is 5.56 Å². The first-order valence-corrected chi connectivity index (χ1v) is 6.25. The zero-order valence-electron chi connectivity index (χ0n) is 9.08. The number of carbonyl (C=O) groups excluding carboxylic acids is 1. The van der Waals surface area contributed by atoms with Gasteiger partial charge in [-0.05, 0) is 41.8 Å². The van der Waals surface area contributed by atoms with E-state index < -0.39 is 0 Å². The van der Waals surface area contributed by atoms with Crippen molar-refractivity contribution in [3.8, 4) is 0 Å². The van der Waals surface area contributed by atoms with E-state index in [4.69, 9.17) is 0 Å². The molecule has 0 aliphatic rings. The van der Waals surface area contributed by atoms with Gasteiger partial charge in [-0.3, -0.25) is 4.79 Å². The monoisotopic (exact) mass is 226 g/mol. The molecule has 2 N–H and O–H groups in total. The molecule has 0 atom stereocenters. The molecule has 1 amide bonds. The van der Waals surface area contributed by atoms with E-state index in [9.17, 15) is 4.79 Å². The fraction of sp³-hybridized carbons (Fsp3) is 0.545. The van der Waals surface area contributed by atoms with Crippen molar-refractivity contribution in [2.75, 3.05) is 19.6 Å². The van der Waals surface area contributed by atoms with Gasteiger partial charge in [0.25, 0.3) is 0 Å². The molecule has 0 aliphatic heterocycles. The normalized spacial score (nSPS) is 10.2. The molecule has 3 nitrogen and oxygen atoms in total. The molecule has 0 fully saturated rings. The summed E-state index contributed by atoms with van der Waals surface area (Å²) < 4.78 is 0. The van der Waals surface area contributed by atoms with Crippen molar-refractivity contribution in [2.45, 2.75) is 19.8 Å². The Morgan fingerprint density at radius 3 is 3.00 bits per heavy atom. The van der Waals surface area contributed by atoms with Crippen LogP contribution in [-0.2, 0) is 11.2 Å². The van der Waals surface area contributed by atoms with Crippen LogP contribution in [0.4, 0.5) is 0 Å². The van der Waals surface area contributed by atoms with Crippen molar-refractivity contribution in [3.63, 3.8) is 0 Å². The number of hydrogen-bond acceptors (Lipinski definition) is 3. The molecule has 1 aromatic heterocycles. The number of carbonyl (C=O) groups is 1. The maximum Gasteiger partial charge on any atom is 0.233 e. The Bertz CT molecular complexity index is 272. The number of nitrogens with one attached hydrogen (secondary N) is 2. The Kier molecular flexibility index (Phi) is 6.04. The lowest BCUT2D eigenvalue weighted by atomic mass is 10.2. The summed E-state index contributed by atoms with van der Waals surface area (Å²) in [6.07, 6.45) is 1.98. The van der Waals surface area contributed by atoms with Crippen molar-refractivity contribution in [3.05, 3.63) is 22.4 Å². The molecule has 0 aliphatic carbocycles. The van der Waals surface area contributed by atoms with Gasteiger partial charge in [-0.25, -0.2) is 0 Å². The third kappa shape index (κ3) is 5.54. The van der Waals surface area contributed by atoms with Crippen LogP contribution in [0.5, 0.6) is 0 Å². The minimum Gasteiger partial charge on any atom is -0.355 e. The van der Waals surface area contributed by atoms with Crippen LogP contribution in [0.3, 0.4) is 0 Å². The van der Waals surface area contributed by atoms with Crippen LogP contribution in [-0.4, -0.2) is 25.5 Å². The predicted octanol–water partition coefficient (Wildman–Crippen LogP) is 1.41. The molecule has 1 rings (SSSR count). The van der Waals surface area contributed by atoms with E-state index in [1.54, 1.807) is 11.3 Å². The fourth-order valence-electron chi connectivity index (χ4n) is 1.20. The molecule has 0 spiro atoms. The second-order valence-electron chi connectivity index (χ2n) is 3.41. The first-order valence-electron chi connectivity index (χ1n) is 5.31. The third-order valence-electron chi connectivity index (χ3n) is 2.03. The van der Waals surface area contributed by atoms with Gasteiger partial charge in [0.1, 0.15) is 0 Å². The molecule has 4 heteroatoms. The molecule has 0 saturated heterocycles. The molecule has 0 aromatic carbocycles. The SMILES string of the molecule is CCCNC(=O)CNCCc1ccsc1. The second-order valence-corrected chi connectivity index (χ2v) is 4.19.